The highest BCUT2D eigenvalue weighted by molar-refractivity contribution is 7.92. The zero-order valence-electron chi connectivity index (χ0n) is 16.8. The van der Waals surface area contributed by atoms with Crippen molar-refractivity contribution < 1.29 is 17.9 Å². The fourth-order valence-electron chi connectivity index (χ4n) is 3.39. The van der Waals surface area contributed by atoms with Crippen molar-refractivity contribution >= 4 is 21.6 Å². The van der Waals surface area contributed by atoms with Gasteiger partial charge in [0.25, 0.3) is 0 Å². The molecule has 0 spiro atoms. The first-order chi connectivity index (χ1) is 13.9. The molecule has 2 aromatic carbocycles. The minimum Gasteiger partial charge on any atom is -0.489 e. The van der Waals surface area contributed by atoms with Crippen LogP contribution < -0.4 is 9.04 Å². The molecule has 0 aromatic heterocycles. The van der Waals surface area contributed by atoms with Crippen molar-refractivity contribution in [3.8, 4) is 5.75 Å². The van der Waals surface area contributed by atoms with E-state index in [1.165, 1.54) is 4.31 Å². The average molecular weight is 417 g/mol. The summed E-state index contributed by atoms with van der Waals surface area (Å²) in [6, 6.07) is 16.6. The van der Waals surface area contributed by atoms with Crippen LogP contribution in [0.3, 0.4) is 0 Å². The third-order valence-corrected chi connectivity index (χ3v) is 6.15. The minimum absolute atomic E-state index is 0.151. The Balaban J connectivity index is 1.67. The number of ether oxygens (including phenoxy) is 1. The number of hydrogen-bond donors (Lipinski definition) is 0. The summed E-state index contributed by atoms with van der Waals surface area (Å²) in [4.78, 5) is 14.5. The Morgan fingerprint density at radius 1 is 0.966 bits per heavy atom. The highest BCUT2D eigenvalue weighted by Crippen LogP contribution is 2.23. The molecule has 7 heteroatoms. The second-order valence-electron chi connectivity index (χ2n) is 7.33. The summed E-state index contributed by atoms with van der Waals surface area (Å²) in [7, 11) is -3.58. The van der Waals surface area contributed by atoms with E-state index in [1.54, 1.807) is 29.2 Å². The first-order valence-corrected chi connectivity index (χ1v) is 11.8. The predicted molar refractivity (Wildman–Crippen MR) is 114 cm³/mol. The summed E-state index contributed by atoms with van der Waals surface area (Å²) in [5.41, 5.74) is 1.51. The van der Waals surface area contributed by atoms with Gasteiger partial charge in [-0.15, -0.1) is 0 Å². The minimum atomic E-state index is -3.58. The Bertz CT molecular complexity index is 890. The van der Waals surface area contributed by atoms with Gasteiger partial charge in [-0.25, -0.2) is 8.42 Å². The lowest BCUT2D eigenvalue weighted by Gasteiger charge is -2.26. The van der Waals surface area contributed by atoms with E-state index in [0.717, 1.165) is 37.5 Å². The fourth-order valence-corrected chi connectivity index (χ4v) is 4.24. The second kappa shape index (κ2) is 9.78. The van der Waals surface area contributed by atoms with Crippen molar-refractivity contribution in [2.45, 2.75) is 32.3 Å². The number of carbonyl (C=O) groups excluding carboxylic acids is 1. The van der Waals surface area contributed by atoms with Gasteiger partial charge in [0.15, 0.2) is 0 Å². The predicted octanol–water partition coefficient (Wildman–Crippen LogP) is 3.43. The van der Waals surface area contributed by atoms with Gasteiger partial charge in [-0.3, -0.25) is 9.10 Å². The standard InChI is InChI=1S/C22H28N2O4S/c1-29(26,27)24(17-22(25)23-15-7-2-3-8-16-23)20-11-13-21(14-12-20)28-18-19-9-5-4-6-10-19/h4-6,9-14H,2-3,7-8,15-18H2,1H3. The van der Waals surface area contributed by atoms with E-state index in [4.69, 9.17) is 4.74 Å². The molecule has 0 unspecified atom stereocenters. The number of likely N-dealkylation sites (tertiary alicyclic amines) is 1. The average Bonchev–Trinajstić information content (AvgIpc) is 3.00. The van der Waals surface area contributed by atoms with Gasteiger partial charge in [-0.2, -0.15) is 0 Å². The Morgan fingerprint density at radius 2 is 1.59 bits per heavy atom. The topological polar surface area (TPSA) is 66.9 Å². The zero-order chi connectivity index (χ0) is 20.7. The van der Waals surface area contributed by atoms with Gasteiger partial charge in [-0.05, 0) is 42.7 Å². The summed E-state index contributed by atoms with van der Waals surface area (Å²) >= 11 is 0. The normalized spacial score (nSPS) is 14.9. The number of nitrogens with zero attached hydrogens (tertiary/aromatic N) is 2. The molecule has 1 amide bonds. The highest BCUT2D eigenvalue weighted by Gasteiger charge is 2.24. The van der Waals surface area contributed by atoms with Crippen LogP contribution in [0.25, 0.3) is 0 Å². The van der Waals surface area contributed by atoms with Crippen LogP contribution in [0.5, 0.6) is 5.75 Å². The third-order valence-electron chi connectivity index (χ3n) is 5.01. The van der Waals surface area contributed by atoms with Gasteiger partial charge in [-0.1, -0.05) is 43.2 Å². The Labute approximate surface area is 173 Å². The fraction of sp³-hybridized carbons (Fsp3) is 0.409. The summed E-state index contributed by atoms with van der Waals surface area (Å²) in [6.07, 6.45) is 5.30. The molecule has 2 aromatic rings. The van der Waals surface area contributed by atoms with Crippen molar-refractivity contribution in [3.63, 3.8) is 0 Å². The molecule has 3 rings (SSSR count). The smallest absolute Gasteiger partial charge is 0.243 e. The third kappa shape index (κ3) is 6.22. The van der Waals surface area contributed by atoms with Crippen molar-refractivity contribution in [1.82, 2.24) is 4.90 Å². The lowest BCUT2D eigenvalue weighted by atomic mass is 10.2. The zero-order valence-corrected chi connectivity index (χ0v) is 17.6. The maximum absolute atomic E-state index is 12.7. The Hall–Kier alpha value is -2.54. The molecule has 1 fully saturated rings. The summed E-state index contributed by atoms with van der Waals surface area (Å²) in [5, 5.41) is 0. The Morgan fingerprint density at radius 3 is 2.17 bits per heavy atom. The van der Waals surface area contributed by atoms with Crippen LogP contribution in [0.4, 0.5) is 5.69 Å². The molecule has 0 aliphatic carbocycles. The number of anilines is 1. The molecule has 1 heterocycles. The molecular formula is C22H28N2O4S. The molecule has 1 aliphatic rings. The van der Waals surface area contributed by atoms with Crippen LogP contribution in [0.2, 0.25) is 0 Å². The molecule has 156 valence electrons. The van der Waals surface area contributed by atoms with Gasteiger partial charge in [0, 0.05) is 13.1 Å². The van der Waals surface area contributed by atoms with Crippen LogP contribution in [0, 0.1) is 0 Å². The maximum Gasteiger partial charge on any atom is 0.243 e. The highest BCUT2D eigenvalue weighted by atomic mass is 32.2. The molecular weight excluding hydrogens is 388 g/mol. The van der Waals surface area contributed by atoms with Crippen LogP contribution in [0.15, 0.2) is 54.6 Å². The first-order valence-electron chi connectivity index (χ1n) is 9.96. The lowest BCUT2D eigenvalue weighted by Crippen LogP contribution is -2.43. The molecule has 1 aliphatic heterocycles. The van der Waals surface area contributed by atoms with Crippen molar-refractivity contribution in [2.24, 2.45) is 0 Å². The number of benzene rings is 2. The molecule has 29 heavy (non-hydrogen) atoms. The number of sulfonamides is 1. The number of rotatable bonds is 7. The largest absolute Gasteiger partial charge is 0.489 e. The van der Waals surface area contributed by atoms with Gasteiger partial charge in [0.1, 0.15) is 18.9 Å². The molecule has 0 radical (unpaired) electrons. The molecule has 1 saturated heterocycles. The number of carbonyl (C=O) groups is 1. The number of amides is 1. The first kappa shape index (κ1) is 21.2. The van der Waals surface area contributed by atoms with E-state index in [2.05, 4.69) is 0 Å². The van der Waals surface area contributed by atoms with Crippen molar-refractivity contribution in [2.75, 3.05) is 30.2 Å². The van der Waals surface area contributed by atoms with E-state index in [-0.39, 0.29) is 12.5 Å². The van der Waals surface area contributed by atoms with E-state index < -0.39 is 10.0 Å². The van der Waals surface area contributed by atoms with Crippen LogP contribution in [0.1, 0.15) is 31.2 Å². The summed E-state index contributed by atoms with van der Waals surface area (Å²) < 4.78 is 31.6. The SMILES string of the molecule is CS(=O)(=O)N(CC(=O)N1CCCCCC1)c1ccc(OCc2ccccc2)cc1. The summed E-state index contributed by atoms with van der Waals surface area (Å²) in [5.74, 6) is 0.492. The van der Waals surface area contributed by atoms with E-state index >= 15 is 0 Å². The van der Waals surface area contributed by atoms with Crippen LogP contribution in [-0.2, 0) is 21.4 Å². The number of hydrogen-bond acceptors (Lipinski definition) is 4. The second-order valence-corrected chi connectivity index (χ2v) is 9.24. The lowest BCUT2D eigenvalue weighted by molar-refractivity contribution is -0.129. The van der Waals surface area contributed by atoms with Gasteiger partial charge >= 0.3 is 0 Å². The van der Waals surface area contributed by atoms with Crippen LogP contribution in [-0.4, -0.2) is 45.1 Å². The monoisotopic (exact) mass is 416 g/mol. The molecule has 0 bridgehead atoms. The van der Waals surface area contributed by atoms with Crippen molar-refractivity contribution in [3.05, 3.63) is 60.2 Å². The Kier molecular flexibility index (Phi) is 7.14. The van der Waals surface area contributed by atoms with Gasteiger partial charge in [0.05, 0.1) is 11.9 Å². The van der Waals surface area contributed by atoms with E-state index in [0.29, 0.717) is 31.1 Å². The molecule has 0 saturated carbocycles. The van der Waals surface area contributed by atoms with E-state index in [9.17, 15) is 13.2 Å². The molecule has 0 N–H and O–H groups in total. The van der Waals surface area contributed by atoms with Gasteiger partial charge < -0.3 is 9.64 Å². The van der Waals surface area contributed by atoms with Crippen molar-refractivity contribution in [1.29, 1.82) is 0 Å². The van der Waals surface area contributed by atoms with Gasteiger partial charge in [0.2, 0.25) is 15.9 Å². The van der Waals surface area contributed by atoms with Crippen LogP contribution >= 0.6 is 0 Å². The quantitative estimate of drug-likeness (QED) is 0.694. The van der Waals surface area contributed by atoms with E-state index in [1.807, 2.05) is 30.3 Å². The molecule has 6 nitrogen and oxygen atoms in total. The maximum atomic E-state index is 12.7. The summed E-state index contributed by atoms with van der Waals surface area (Å²) in [6.45, 7) is 1.65. The molecule has 0 atom stereocenters.